The number of piperidine rings is 1. The molecule has 0 amide bonds. The average molecular weight is 306 g/mol. The van der Waals surface area contributed by atoms with Crippen molar-refractivity contribution in [1.82, 2.24) is 9.88 Å². The van der Waals surface area contributed by atoms with Crippen LogP contribution in [-0.2, 0) is 0 Å². The fourth-order valence-corrected chi connectivity index (χ4v) is 3.55. The number of rotatable bonds is 4. The van der Waals surface area contributed by atoms with Gasteiger partial charge in [0, 0.05) is 12.6 Å². The highest BCUT2D eigenvalue weighted by atomic mass is 32.1. The van der Waals surface area contributed by atoms with Crippen LogP contribution in [0.5, 0.6) is 0 Å². The maximum absolute atomic E-state index is 11.4. The Kier molecular flexibility index (Phi) is 4.03. The Labute approximate surface area is 126 Å². The van der Waals surface area contributed by atoms with E-state index in [1.807, 2.05) is 6.07 Å². The fraction of sp³-hybridized carbons (Fsp3) is 0.500. The Hall–Kier alpha value is -1.73. The summed E-state index contributed by atoms with van der Waals surface area (Å²) in [6, 6.07) is 4.12. The van der Waals surface area contributed by atoms with Crippen molar-refractivity contribution in [2.45, 2.75) is 25.3 Å². The Balaban J connectivity index is 1.83. The lowest BCUT2D eigenvalue weighted by Gasteiger charge is -2.32. The zero-order chi connectivity index (χ0) is 14.8. The first kappa shape index (κ1) is 14.2. The van der Waals surface area contributed by atoms with E-state index >= 15 is 0 Å². The minimum atomic E-state index is -0.338. The molecule has 1 fully saturated rings. The predicted molar refractivity (Wildman–Crippen MR) is 85.0 cm³/mol. The van der Waals surface area contributed by atoms with E-state index < -0.39 is 0 Å². The van der Waals surface area contributed by atoms with Gasteiger partial charge in [-0.25, -0.2) is 4.98 Å². The number of hydrogen-bond acceptors (Lipinski definition) is 6. The molecule has 0 bridgehead atoms. The van der Waals surface area contributed by atoms with Gasteiger partial charge in [-0.3, -0.25) is 10.1 Å². The number of fused-ring (bicyclic) bond motifs is 1. The molecule has 1 saturated heterocycles. The van der Waals surface area contributed by atoms with Crippen LogP contribution in [0.2, 0.25) is 0 Å². The molecule has 0 aliphatic carbocycles. The minimum Gasteiger partial charge on any atom is -0.378 e. The minimum absolute atomic E-state index is 0.0900. The van der Waals surface area contributed by atoms with Crippen LogP contribution in [0.1, 0.15) is 19.3 Å². The molecule has 1 aromatic carbocycles. The third-order valence-corrected chi connectivity index (χ3v) is 4.90. The third-order valence-electron chi connectivity index (χ3n) is 4.11. The number of nitro groups is 1. The lowest BCUT2D eigenvalue weighted by atomic mass is 10.0. The number of thiazole rings is 1. The van der Waals surface area contributed by atoms with Gasteiger partial charge < -0.3 is 10.2 Å². The van der Waals surface area contributed by atoms with Crippen LogP contribution in [0, 0.1) is 10.1 Å². The smallest absolute Gasteiger partial charge is 0.319 e. The molecule has 6 nitrogen and oxygen atoms in total. The van der Waals surface area contributed by atoms with Gasteiger partial charge in [-0.2, -0.15) is 0 Å². The number of nitrogens with zero attached hydrogens (tertiary/aromatic N) is 3. The zero-order valence-electron chi connectivity index (χ0n) is 11.9. The Morgan fingerprint density at radius 2 is 2.38 bits per heavy atom. The molecule has 2 aromatic rings. The Morgan fingerprint density at radius 3 is 3.14 bits per heavy atom. The summed E-state index contributed by atoms with van der Waals surface area (Å²) in [5.74, 6) is 0. The molecule has 0 saturated carbocycles. The van der Waals surface area contributed by atoms with Crippen LogP contribution >= 0.6 is 11.3 Å². The molecule has 1 unspecified atom stereocenters. The van der Waals surface area contributed by atoms with Crippen molar-refractivity contribution >= 4 is 32.9 Å². The van der Waals surface area contributed by atoms with Crippen LogP contribution in [-0.4, -0.2) is 41.0 Å². The van der Waals surface area contributed by atoms with Crippen LogP contribution in [0.25, 0.3) is 10.2 Å². The first-order valence-corrected chi connectivity index (χ1v) is 7.99. The molecule has 1 N–H and O–H groups in total. The molecule has 3 rings (SSSR count). The standard InChI is InChI=1S/C14H18N4O2S/c1-17-7-3-2-4-10(17)8-15-11-5-6-12-13(16-9-21-12)14(11)18(19)20/h5-6,9-10,15H,2-4,7-8H2,1H3. The van der Waals surface area contributed by atoms with E-state index in [-0.39, 0.29) is 10.6 Å². The third kappa shape index (κ3) is 2.84. The number of aromatic nitrogens is 1. The van der Waals surface area contributed by atoms with Gasteiger partial charge in [0.15, 0.2) is 5.52 Å². The summed E-state index contributed by atoms with van der Waals surface area (Å²) in [5, 5.41) is 14.6. The Bertz CT molecular complexity index is 657. The number of likely N-dealkylation sites (tertiary alicyclic amines) is 1. The van der Waals surface area contributed by atoms with E-state index in [1.165, 1.54) is 24.2 Å². The van der Waals surface area contributed by atoms with Gasteiger partial charge >= 0.3 is 5.69 Å². The summed E-state index contributed by atoms with van der Waals surface area (Å²) >= 11 is 1.42. The van der Waals surface area contributed by atoms with E-state index in [1.54, 1.807) is 11.6 Å². The molecular weight excluding hydrogens is 288 g/mol. The summed E-state index contributed by atoms with van der Waals surface area (Å²) in [4.78, 5) is 17.5. The molecule has 21 heavy (non-hydrogen) atoms. The largest absolute Gasteiger partial charge is 0.378 e. The first-order chi connectivity index (χ1) is 10.2. The van der Waals surface area contributed by atoms with E-state index in [9.17, 15) is 10.1 Å². The summed E-state index contributed by atoms with van der Waals surface area (Å²) in [6.07, 6.45) is 3.60. The molecule has 0 radical (unpaired) electrons. The predicted octanol–water partition coefficient (Wildman–Crippen LogP) is 3.10. The highest BCUT2D eigenvalue weighted by Gasteiger charge is 2.23. The summed E-state index contributed by atoms with van der Waals surface area (Å²) in [6.45, 7) is 1.83. The molecule has 0 spiro atoms. The van der Waals surface area contributed by atoms with E-state index in [0.29, 0.717) is 17.2 Å². The van der Waals surface area contributed by atoms with Gasteiger partial charge in [0.25, 0.3) is 0 Å². The van der Waals surface area contributed by atoms with Crippen molar-refractivity contribution in [3.8, 4) is 0 Å². The molecule has 1 atom stereocenters. The van der Waals surface area contributed by atoms with Gasteiger partial charge in [0.1, 0.15) is 5.69 Å². The van der Waals surface area contributed by atoms with Crippen molar-refractivity contribution in [3.63, 3.8) is 0 Å². The maximum atomic E-state index is 11.4. The second kappa shape index (κ2) is 5.95. The molecular formula is C14H18N4O2S. The van der Waals surface area contributed by atoms with Crippen LogP contribution in [0.4, 0.5) is 11.4 Å². The van der Waals surface area contributed by atoms with Crippen molar-refractivity contribution in [3.05, 3.63) is 27.8 Å². The van der Waals surface area contributed by atoms with Crippen molar-refractivity contribution < 1.29 is 4.92 Å². The molecule has 1 aliphatic rings. The van der Waals surface area contributed by atoms with Crippen LogP contribution in [0.15, 0.2) is 17.6 Å². The van der Waals surface area contributed by atoms with Gasteiger partial charge in [0.2, 0.25) is 0 Å². The maximum Gasteiger partial charge on any atom is 0.319 e. The van der Waals surface area contributed by atoms with Gasteiger partial charge in [-0.1, -0.05) is 6.42 Å². The van der Waals surface area contributed by atoms with Gasteiger partial charge in [0.05, 0.1) is 15.1 Å². The van der Waals surface area contributed by atoms with E-state index in [2.05, 4.69) is 22.2 Å². The monoisotopic (exact) mass is 306 g/mol. The Morgan fingerprint density at radius 1 is 1.52 bits per heavy atom. The van der Waals surface area contributed by atoms with Gasteiger partial charge in [-0.05, 0) is 38.6 Å². The normalized spacial score (nSPS) is 19.8. The number of anilines is 1. The molecule has 2 heterocycles. The lowest BCUT2D eigenvalue weighted by molar-refractivity contribution is -0.382. The van der Waals surface area contributed by atoms with Crippen LogP contribution < -0.4 is 5.32 Å². The van der Waals surface area contributed by atoms with E-state index in [4.69, 9.17) is 0 Å². The second-order valence-corrected chi connectivity index (χ2v) is 6.32. The van der Waals surface area contributed by atoms with Crippen molar-refractivity contribution in [2.75, 3.05) is 25.5 Å². The summed E-state index contributed by atoms with van der Waals surface area (Å²) < 4.78 is 0.849. The summed E-state index contributed by atoms with van der Waals surface area (Å²) in [5.41, 5.74) is 2.78. The number of nitrogens with one attached hydrogen (secondary N) is 1. The van der Waals surface area contributed by atoms with E-state index in [0.717, 1.165) is 24.2 Å². The highest BCUT2D eigenvalue weighted by Crippen LogP contribution is 2.34. The number of likely N-dealkylation sites (N-methyl/N-ethyl adjacent to an activating group) is 1. The SMILES string of the molecule is CN1CCCCC1CNc1ccc2scnc2c1[N+](=O)[O-]. The van der Waals surface area contributed by atoms with Gasteiger partial charge in [-0.15, -0.1) is 11.3 Å². The highest BCUT2D eigenvalue weighted by molar-refractivity contribution is 7.16. The fourth-order valence-electron chi connectivity index (χ4n) is 2.87. The zero-order valence-corrected chi connectivity index (χ0v) is 12.7. The molecule has 1 aromatic heterocycles. The molecule has 112 valence electrons. The number of benzene rings is 1. The van der Waals surface area contributed by atoms with Crippen LogP contribution in [0.3, 0.4) is 0 Å². The summed E-state index contributed by atoms with van der Waals surface area (Å²) in [7, 11) is 2.11. The van der Waals surface area contributed by atoms with Crippen molar-refractivity contribution in [2.24, 2.45) is 0 Å². The average Bonchev–Trinajstić information content (AvgIpc) is 2.93. The number of nitro benzene ring substituents is 1. The quantitative estimate of drug-likeness (QED) is 0.694. The number of hydrogen-bond donors (Lipinski definition) is 1. The second-order valence-electron chi connectivity index (χ2n) is 5.43. The topological polar surface area (TPSA) is 71.3 Å². The molecule has 1 aliphatic heterocycles. The van der Waals surface area contributed by atoms with Crippen molar-refractivity contribution in [1.29, 1.82) is 0 Å². The molecule has 7 heteroatoms. The lowest BCUT2D eigenvalue weighted by Crippen LogP contribution is -2.40. The first-order valence-electron chi connectivity index (χ1n) is 7.11.